The van der Waals surface area contributed by atoms with E-state index in [1.165, 1.54) is 0 Å². The van der Waals surface area contributed by atoms with Crippen molar-refractivity contribution in [1.29, 1.82) is 0 Å². The van der Waals surface area contributed by atoms with Gasteiger partial charge in [0.2, 0.25) is 5.91 Å². The number of amides is 1. The van der Waals surface area contributed by atoms with Crippen LogP contribution < -0.4 is 5.73 Å². The molecular weight excluding hydrogens is 204 g/mol. The van der Waals surface area contributed by atoms with E-state index in [0.717, 1.165) is 38.6 Å². The number of primary amides is 1. The fraction of sp³-hybridized carbons (Fsp3) is 0.833. The lowest BCUT2D eigenvalue weighted by Crippen LogP contribution is -2.53. The van der Waals surface area contributed by atoms with E-state index >= 15 is 0 Å². The number of ketones is 1. The van der Waals surface area contributed by atoms with Crippen molar-refractivity contribution in [2.45, 2.75) is 57.0 Å². The molecule has 1 aliphatic heterocycles. The third-order valence-electron chi connectivity index (χ3n) is 3.80. The van der Waals surface area contributed by atoms with Gasteiger partial charge >= 0.3 is 0 Å². The minimum Gasteiger partial charge on any atom is -0.368 e. The zero-order chi connectivity index (χ0) is 11.5. The van der Waals surface area contributed by atoms with Crippen LogP contribution in [0.4, 0.5) is 0 Å². The first-order chi connectivity index (χ1) is 7.68. The second-order valence-corrected chi connectivity index (χ2v) is 4.94. The van der Waals surface area contributed by atoms with E-state index in [-0.39, 0.29) is 18.0 Å². The molecule has 0 aromatic carbocycles. The van der Waals surface area contributed by atoms with Crippen molar-refractivity contribution in [2.24, 2.45) is 5.73 Å². The first kappa shape index (κ1) is 11.6. The highest BCUT2D eigenvalue weighted by Gasteiger charge is 2.34. The fourth-order valence-corrected chi connectivity index (χ4v) is 2.98. The number of likely N-dealkylation sites (tertiary alicyclic amines) is 1. The van der Waals surface area contributed by atoms with Crippen molar-refractivity contribution in [3.05, 3.63) is 0 Å². The third kappa shape index (κ3) is 2.43. The van der Waals surface area contributed by atoms with E-state index in [4.69, 9.17) is 5.73 Å². The summed E-state index contributed by atoms with van der Waals surface area (Å²) in [7, 11) is 0. The second-order valence-electron chi connectivity index (χ2n) is 4.94. The van der Waals surface area contributed by atoms with E-state index in [0.29, 0.717) is 18.6 Å². The summed E-state index contributed by atoms with van der Waals surface area (Å²) in [6, 6.07) is 0.128. The molecule has 2 aliphatic rings. The van der Waals surface area contributed by atoms with E-state index in [2.05, 4.69) is 4.90 Å². The van der Waals surface area contributed by atoms with Gasteiger partial charge in [0, 0.05) is 18.9 Å². The molecule has 2 rings (SSSR count). The topological polar surface area (TPSA) is 63.4 Å². The van der Waals surface area contributed by atoms with Crippen LogP contribution in [0.1, 0.15) is 44.9 Å². The highest BCUT2D eigenvalue weighted by Crippen LogP contribution is 2.27. The molecule has 1 heterocycles. The van der Waals surface area contributed by atoms with Crippen LogP contribution in [0.2, 0.25) is 0 Å². The van der Waals surface area contributed by atoms with Crippen LogP contribution in [0.5, 0.6) is 0 Å². The monoisotopic (exact) mass is 224 g/mol. The Balaban J connectivity index is 2.04. The van der Waals surface area contributed by atoms with Crippen LogP contribution >= 0.6 is 0 Å². The highest BCUT2D eigenvalue weighted by molar-refractivity contribution is 5.81. The Labute approximate surface area is 96.2 Å². The molecule has 90 valence electrons. The average Bonchev–Trinajstić information content (AvgIpc) is 2.29. The molecule has 2 atom stereocenters. The SMILES string of the molecule is NC(=O)C1CCCCN1C1CCCC(=O)C1. The van der Waals surface area contributed by atoms with Gasteiger partial charge in [-0.1, -0.05) is 6.42 Å². The number of nitrogens with zero attached hydrogens (tertiary/aromatic N) is 1. The molecule has 4 nitrogen and oxygen atoms in total. The smallest absolute Gasteiger partial charge is 0.234 e. The Morgan fingerprint density at radius 2 is 2.06 bits per heavy atom. The van der Waals surface area contributed by atoms with Crippen molar-refractivity contribution in [1.82, 2.24) is 4.90 Å². The minimum absolute atomic E-state index is 0.135. The van der Waals surface area contributed by atoms with Gasteiger partial charge in [-0.2, -0.15) is 0 Å². The lowest BCUT2D eigenvalue weighted by Gasteiger charge is -2.40. The summed E-state index contributed by atoms with van der Waals surface area (Å²) < 4.78 is 0. The normalized spacial score (nSPS) is 32.6. The summed E-state index contributed by atoms with van der Waals surface area (Å²) in [5.41, 5.74) is 5.43. The first-order valence-electron chi connectivity index (χ1n) is 6.25. The molecule has 0 spiro atoms. The predicted molar refractivity (Wildman–Crippen MR) is 60.8 cm³/mol. The molecule has 2 fully saturated rings. The van der Waals surface area contributed by atoms with Crippen LogP contribution in [-0.2, 0) is 9.59 Å². The van der Waals surface area contributed by atoms with Gasteiger partial charge in [-0.05, 0) is 32.2 Å². The van der Waals surface area contributed by atoms with Crippen molar-refractivity contribution in [2.75, 3.05) is 6.54 Å². The molecule has 4 heteroatoms. The van der Waals surface area contributed by atoms with Gasteiger partial charge in [-0.15, -0.1) is 0 Å². The number of rotatable bonds is 2. The predicted octanol–water partition coefficient (Wildman–Crippen LogP) is 0.838. The quantitative estimate of drug-likeness (QED) is 0.756. The Morgan fingerprint density at radius 3 is 2.75 bits per heavy atom. The standard InChI is InChI=1S/C12H20N2O2/c13-12(16)11-6-1-2-7-14(11)9-4-3-5-10(15)8-9/h9,11H,1-8H2,(H2,13,16). The average molecular weight is 224 g/mol. The largest absolute Gasteiger partial charge is 0.368 e. The molecule has 0 aromatic heterocycles. The molecule has 0 aromatic rings. The van der Waals surface area contributed by atoms with Crippen LogP contribution in [0.25, 0.3) is 0 Å². The van der Waals surface area contributed by atoms with E-state index in [1.807, 2.05) is 0 Å². The lowest BCUT2D eigenvalue weighted by atomic mass is 9.89. The van der Waals surface area contributed by atoms with E-state index in [1.54, 1.807) is 0 Å². The van der Waals surface area contributed by atoms with Gasteiger partial charge in [-0.3, -0.25) is 14.5 Å². The summed E-state index contributed by atoms with van der Waals surface area (Å²) in [6.45, 7) is 0.922. The molecule has 1 amide bonds. The summed E-state index contributed by atoms with van der Waals surface area (Å²) >= 11 is 0. The Hall–Kier alpha value is -0.900. The summed E-state index contributed by atoms with van der Waals surface area (Å²) in [4.78, 5) is 25.0. The van der Waals surface area contributed by atoms with E-state index < -0.39 is 0 Å². The number of carbonyl (C=O) groups excluding carboxylic acids is 2. The minimum atomic E-state index is -0.224. The van der Waals surface area contributed by atoms with Crippen molar-refractivity contribution in [3.63, 3.8) is 0 Å². The Kier molecular flexibility index (Phi) is 3.59. The molecular formula is C12H20N2O2. The zero-order valence-corrected chi connectivity index (χ0v) is 9.65. The molecule has 1 saturated carbocycles. The summed E-state index contributed by atoms with van der Waals surface area (Å²) in [6.07, 6.45) is 6.38. The number of piperidine rings is 1. The highest BCUT2D eigenvalue weighted by atomic mass is 16.1. The third-order valence-corrected chi connectivity index (χ3v) is 3.80. The molecule has 1 aliphatic carbocycles. The van der Waals surface area contributed by atoms with Crippen LogP contribution in [-0.4, -0.2) is 35.2 Å². The van der Waals surface area contributed by atoms with Gasteiger partial charge in [0.1, 0.15) is 5.78 Å². The van der Waals surface area contributed by atoms with Gasteiger partial charge in [-0.25, -0.2) is 0 Å². The molecule has 2 N–H and O–H groups in total. The maximum Gasteiger partial charge on any atom is 0.234 e. The lowest BCUT2D eigenvalue weighted by molar-refractivity contribution is -0.129. The van der Waals surface area contributed by atoms with Gasteiger partial charge in [0.15, 0.2) is 0 Å². The molecule has 0 bridgehead atoms. The second kappa shape index (κ2) is 4.95. The summed E-state index contributed by atoms with van der Waals surface area (Å²) in [5.74, 6) is 0.114. The Morgan fingerprint density at radius 1 is 1.25 bits per heavy atom. The molecule has 1 saturated heterocycles. The number of hydrogen-bond acceptors (Lipinski definition) is 3. The van der Waals surface area contributed by atoms with Gasteiger partial charge in [0.25, 0.3) is 0 Å². The molecule has 16 heavy (non-hydrogen) atoms. The number of nitrogens with two attached hydrogens (primary N) is 1. The maximum absolute atomic E-state index is 11.4. The van der Waals surface area contributed by atoms with Crippen molar-refractivity contribution >= 4 is 11.7 Å². The number of hydrogen-bond donors (Lipinski definition) is 1. The number of Topliss-reactive ketones (excluding diaryl/α,β-unsaturated/α-hetero) is 1. The fourth-order valence-electron chi connectivity index (χ4n) is 2.98. The maximum atomic E-state index is 11.4. The molecule has 0 radical (unpaired) electrons. The van der Waals surface area contributed by atoms with Crippen molar-refractivity contribution in [3.8, 4) is 0 Å². The van der Waals surface area contributed by atoms with Gasteiger partial charge < -0.3 is 5.73 Å². The zero-order valence-electron chi connectivity index (χ0n) is 9.65. The van der Waals surface area contributed by atoms with Crippen LogP contribution in [0, 0.1) is 0 Å². The first-order valence-corrected chi connectivity index (χ1v) is 6.25. The van der Waals surface area contributed by atoms with Crippen LogP contribution in [0.3, 0.4) is 0 Å². The van der Waals surface area contributed by atoms with E-state index in [9.17, 15) is 9.59 Å². The van der Waals surface area contributed by atoms with Crippen LogP contribution in [0.15, 0.2) is 0 Å². The van der Waals surface area contributed by atoms with Gasteiger partial charge in [0.05, 0.1) is 6.04 Å². The van der Waals surface area contributed by atoms with Crippen molar-refractivity contribution < 1.29 is 9.59 Å². The summed E-state index contributed by atoms with van der Waals surface area (Å²) in [5, 5.41) is 0. The molecule has 2 unspecified atom stereocenters. The number of carbonyl (C=O) groups is 2. The Bertz CT molecular complexity index is 291.